The topological polar surface area (TPSA) is 32.7 Å². The smallest absolute Gasteiger partial charge is 0.122 e. The molecule has 0 unspecified atom stereocenters. The zero-order chi connectivity index (χ0) is 16.2. The lowest BCUT2D eigenvalue weighted by atomic mass is 10.00. The van der Waals surface area contributed by atoms with Crippen molar-refractivity contribution in [3.8, 4) is 5.75 Å². The summed E-state index contributed by atoms with van der Waals surface area (Å²) in [5.41, 5.74) is 5.09. The van der Waals surface area contributed by atoms with Crippen molar-refractivity contribution < 1.29 is 9.84 Å². The van der Waals surface area contributed by atoms with Gasteiger partial charge < -0.3 is 9.84 Å². The number of ether oxygens (including phenoxy) is 1. The van der Waals surface area contributed by atoms with Crippen LogP contribution in [0.25, 0.3) is 0 Å². The van der Waals surface area contributed by atoms with Gasteiger partial charge in [0.1, 0.15) is 18.5 Å². The van der Waals surface area contributed by atoms with Crippen LogP contribution in [0.3, 0.4) is 0 Å². The van der Waals surface area contributed by atoms with Gasteiger partial charge in [-0.15, -0.1) is 0 Å². The average molecular weight is 311 g/mol. The van der Waals surface area contributed by atoms with Gasteiger partial charge in [0, 0.05) is 19.6 Å². The van der Waals surface area contributed by atoms with Gasteiger partial charge >= 0.3 is 0 Å². The van der Waals surface area contributed by atoms with Crippen LogP contribution in [0.15, 0.2) is 42.5 Å². The molecule has 0 aromatic heterocycles. The molecule has 1 heterocycles. The van der Waals surface area contributed by atoms with Crippen molar-refractivity contribution in [2.45, 2.75) is 32.9 Å². The summed E-state index contributed by atoms with van der Waals surface area (Å²) >= 11 is 0. The number of aliphatic hydroxyl groups excluding tert-OH is 1. The van der Waals surface area contributed by atoms with Crippen LogP contribution in [-0.2, 0) is 13.0 Å². The highest BCUT2D eigenvalue weighted by Crippen LogP contribution is 2.20. The number of fused-ring (bicyclic) bond motifs is 1. The van der Waals surface area contributed by atoms with Gasteiger partial charge in [-0.3, -0.25) is 4.90 Å². The molecule has 122 valence electrons. The fourth-order valence-electron chi connectivity index (χ4n) is 3.11. The molecule has 2 aromatic rings. The average Bonchev–Trinajstić information content (AvgIpc) is 2.55. The Kier molecular flexibility index (Phi) is 4.99. The third-order valence-electron chi connectivity index (χ3n) is 4.45. The molecule has 0 saturated heterocycles. The Balaban J connectivity index is 1.52. The van der Waals surface area contributed by atoms with Crippen molar-refractivity contribution in [1.29, 1.82) is 0 Å². The fraction of sp³-hybridized carbons (Fsp3) is 0.400. The summed E-state index contributed by atoms with van der Waals surface area (Å²) in [7, 11) is 0. The van der Waals surface area contributed by atoms with Crippen molar-refractivity contribution >= 4 is 0 Å². The summed E-state index contributed by atoms with van der Waals surface area (Å²) in [6.45, 7) is 6.98. The van der Waals surface area contributed by atoms with Crippen molar-refractivity contribution in [1.82, 2.24) is 4.90 Å². The van der Waals surface area contributed by atoms with E-state index < -0.39 is 6.10 Å². The number of aryl methyl sites for hydroxylation is 2. The standard InChI is InChI=1S/C20H25NO2/c1-15-7-8-16(2)20(11-15)23-14-19(22)13-21-10-9-17-5-3-4-6-18(17)12-21/h3-8,11,19,22H,9-10,12-14H2,1-2H3/t19-/m1/s1. The summed E-state index contributed by atoms with van der Waals surface area (Å²) in [5.74, 6) is 0.869. The number of nitrogens with zero attached hydrogens (tertiary/aromatic N) is 1. The quantitative estimate of drug-likeness (QED) is 0.921. The van der Waals surface area contributed by atoms with Crippen LogP contribution in [0.5, 0.6) is 5.75 Å². The lowest BCUT2D eigenvalue weighted by Crippen LogP contribution is -2.38. The zero-order valence-electron chi connectivity index (χ0n) is 14.0. The molecular formula is C20H25NO2. The van der Waals surface area contributed by atoms with Crippen LogP contribution in [0.4, 0.5) is 0 Å². The van der Waals surface area contributed by atoms with Crippen LogP contribution < -0.4 is 4.74 Å². The van der Waals surface area contributed by atoms with E-state index in [4.69, 9.17) is 4.74 Å². The number of rotatable bonds is 5. The lowest BCUT2D eigenvalue weighted by Gasteiger charge is -2.30. The second-order valence-corrected chi connectivity index (χ2v) is 6.49. The molecule has 3 rings (SSSR count). The van der Waals surface area contributed by atoms with Gasteiger partial charge in [0.05, 0.1) is 0 Å². The SMILES string of the molecule is Cc1ccc(C)c(OC[C@H](O)CN2CCc3ccccc3C2)c1. The molecule has 0 saturated carbocycles. The van der Waals surface area contributed by atoms with E-state index in [1.807, 2.05) is 19.9 Å². The first-order valence-corrected chi connectivity index (χ1v) is 8.29. The number of β-amino-alcohol motifs (C(OH)–C–C–N with tert-alkyl or cyclic N) is 1. The maximum atomic E-state index is 10.3. The van der Waals surface area contributed by atoms with Gasteiger partial charge in [0.2, 0.25) is 0 Å². The van der Waals surface area contributed by atoms with Crippen molar-refractivity contribution in [3.05, 3.63) is 64.7 Å². The highest BCUT2D eigenvalue weighted by molar-refractivity contribution is 5.36. The van der Waals surface area contributed by atoms with Crippen molar-refractivity contribution in [2.24, 2.45) is 0 Å². The molecule has 1 atom stereocenters. The Morgan fingerprint density at radius 3 is 2.74 bits per heavy atom. The molecule has 0 fully saturated rings. The molecule has 2 aromatic carbocycles. The van der Waals surface area contributed by atoms with Gasteiger partial charge in [0.25, 0.3) is 0 Å². The van der Waals surface area contributed by atoms with E-state index in [1.54, 1.807) is 0 Å². The first-order chi connectivity index (χ1) is 11.1. The Morgan fingerprint density at radius 1 is 1.13 bits per heavy atom. The summed E-state index contributed by atoms with van der Waals surface area (Å²) in [4.78, 5) is 2.31. The van der Waals surface area contributed by atoms with Gasteiger partial charge in [-0.1, -0.05) is 36.4 Å². The van der Waals surface area contributed by atoms with Crippen LogP contribution in [0.2, 0.25) is 0 Å². The Hall–Kier alpha value is -1.84. The Labute approximate surface area is 138 Å². The van der Waals surface area contributed by atoms with Gasteiger partial charge in [-0.2, -0.15) is 0 Å². The van der Waals surface area contributed by atoms with Crippen LogP contribution >= 0.6 is 0 Å². The predicted octanol–water partition coefficient (Wildman–Crippen LogP) is 3.10. The monoisotopic (exact) mass is 311 g/mol. The lowest BCUT2D eigenvalue weighted by molar-refractivity contribution is 0.0635. The molecule has 0 aliphatic carbocycles. The zero-order valence-corrected chi connectivity index (χ0v) is 14.0. The van der Waals surface area contributed by atoms with Crippen LogP contribution in [-0.4, -0.2) is 35.8 Å². The molecular weight excluding hydrogens is 286 g/mol. The highest BCUT2D eigenvalue weighted by Gasteiger charge is 2.18. The largest absolute Gasteiger partial charge is 0.491 e. The third-order valence-corrected chi connectivity index (χ3v) is 4.45. The number of benzene rings is 2. The van der Waals surface area contributed by atoms with Crippen molar-refractivity contribution in [2.75, 3.05) is 19.7 Å². The van der Waals surface area contributed by atoms with Crippen LogP contribution in [0.1, 0.15) is 22.3 Å². The van der Waals surface area contributed by atoms with Gasteiger partial charge in [-0.25, -0.2) is 0 Å². The van der Waals surface area contributed by atoms with E-state index >= 15 is 0 Å². The maximum absolute atomic E-state index is 10.3. The molecule has 1 aliphatic heterocycles. The maximum Gasteiger partial charge on any atom is 0.122 e. The van der Waals surface area contributed by atoms with Crippen LogP contribution in [0, 0.1) is 13.8 Å². The molecule has 3 heteroatoms. The van der Waals surface area contributed by atoms with E-state index in [0.717, 1.165) is 30.8 Å². The minimum atomic E-state index is -0.472. The Morgan fingerprint density at radius 2 is 1.91 bits per heavy atom. The highest BCUT2D eigenvalue weighted by atomic mass is 16.5. The molecule has 0 amide bonds. The number of hydrogen-bond donors (Lipinski definition) is 1. The van der Waals surface area contributed by atoms with E-state index in [0.29, 0.717) is 13.2 Å². The van der Waals surface area contributed by atoms with Gasteiger partial charge in [-0.05, 0) is 48.6 Å². The first kappa shape index (κ1) is 16.0. The van der Waals surface area contributed by atoms with Crippen molar-refractivity contribution in [3.63, 3.8) is 0 Å². The number of aliphatic hydroxyl groups is 1. The first-order valence-electron chi connectivity index (χ1n) is 8.29. The number of hydrogen-bond acceptors (Lipinski definition) is 3. The predicted molar refractivity (Wildman–Crippen MR) is 92.8 cm³/mol. The minimum absolute atomic E-state index is 0.336. The molecule has 3 nitrogen and oxygen atoms in total. The second-order valence-electron chi connectivity index (χ2n) is 6.49. The molecule has 1 N–H and O–H groups in total. The normalized spacial score (nSPS) is 16.0. The molecule has 23 heavy (non-hydrogen) atoms. The van der Waals surface area contributed by atoms with E-state index in [9.17, 15) is 5.11 Å². The molecule has 0 radical (unpaired) electrons. The summed E-state index contributed by atoms with van der Waals surface area (Å²) in [6.07, 6.45) is 0.584. The fourth-order valence-corrected chi connectivity index (χ4v) is 3.11. The molecule has 0 spiro atoms. The summed E-state index contributed by atoms with van der Waals surface area (Å²) in [6, 6.07) is 14.7. The Bertz CT molecular complexity index is 668. The van der Waals surface area contributed by atoms with E-state index in [2.05, 4.69) is 41.3 Å². The third kappa shape index (κ3) is 4.12. The second kappa shape index (κ2) is 7.16. The van der Waals surface area contributed by atoms with E-state index in [1.165, 1.54) is 16.7 Å². The summed E-state index contributed by atoms with van der Waals surface area (Å²) in [5, 5.41) is 10.3. The summed E-state index contributed by atoms with van der Waals surface area (Å²) < 4.78 is 5.81. The molecule has 0 bridgehead atoms. The molecule has 1 aliphatic rings. The van der Waals surface area contributed by atoms with Gasteiger partial charge in [0.15, 0.2) is 0 Å². The minimum Gasteiger partial charge on any atom is -0.491 e. The van der Waals surface area contributed by atoms with E-state index in [-0.39, 0.29) is 0 Å².